The Morgan fingerprint density at radius 1 is 1.28 bits per heavy atom. The SMILES string of the molecule is CCn1c(COc2ccc(Br)cc2)nnc1SC. The molecule has 18 heavy (non-hydrogen) atoms. The molecule has 0 fully saturated rings. The van der Waals surface area contributed by atoms with E-state index in [1.165, 1.54) is 0 Å². The van der Waals surface area contributed by atoms with Gasteiger partial charge < -0.3 is 9.30 Å². The molecule has 2 rings (SSSR count). The summed E-state index contributed by atoms with van der Waals surface area (Å²) < 4.78 is 8.79. The highest BCUT2D eigenvalue weighted by atomic mass is 79.9. The zero-order valence-corrected chi connectivity index (χ0v) is 12.7. The fourth-order valence-electron chi connectivity index (χ4n) is 1.57. The number of aromatic nitrogens is 3. The summed E-state index contributed by atoms with van der Waals surface area (Å²) in [5.74, 6) is 1.68. The lowest BCUT2D eigenvalue weighted by molar-refractivity contribution is 0.288. The molecule has 0 spiro atoms. The number of hydrogen-bond acceptors (Lipinski definition) is 4. The van der Waals surface area contributed by atoms with Crippen molar-refractivity contribution in [3.63, 3.8) is 0 Å². The minimum Gasteiger partial charge on any atom is -0.486 e. The molecule has 1 heterocycles. The van der Waals surface area contributed by atoms with Crippen LogP contribution in [-0.4, -0.2) is 21.0 Å². The average Bonchev–Trinajstić information content (AvgIpc) is 2.80. The Balaban J connectivity index is 2.06. The van der Waals surface area contributed by atoms with E-state index in [9.17, 15) is 0 Å². The lowest BCUT2D eigenvalue weighted by Crippen LogP contribution is -2.06. The molecule has 0 N–H and O–H groups in total. The van der Waals surface area contributed by atoms with Gasteiger partial charge in [0.2, 0.25) is 0 Å². The second kappa shape index (κ2) is 6.24. The quantitative estimate of drug-likeness (QED) is 0.789. The van der Waals surface area contributed by atoms with Gasteiger partial charge in [-0.3, -0.25) is 0 Å². The molecule has 0 radical (unpaired) electrons. The van der Waals surface area contributed by atoms with Gasteiger partial charge in [0.15, 0.2) is 11.0 Å². The lowest BCUT2D eigenvalue weighted by Gasteiger charge is -2.08. The van der Waals surface area contributed by atoms with Crippen molar-refractivity contribution in [2.75, 3.05) is 6.26 Å². The van der Waals surface area contributed by atoms with Crippen molar-refractivity contribution in [2.24, 2.45) is 0 Å². The molecule has 96 valence electrons. The molecule has 0 bridgehead atoms. The fourth-order valence-corrected chi connectivity index (χ4v) is 2.41. The normalized spacial score (nSPS) is 10.6. The second-order valence-corrected chi connectivity index (χ2v) is 5.28. The van der Waals surface area contributed by atoms with Gasteiger partial charge in [0.05, 0.1) is 0 Å². The minimum atomic E-state index is 0.434. The standard InChI is InChI=1S/C12H14BrN3OS/c1-3-16-11(14-15-12(16)18-2)8-17-10-6-4-9(13)5-7-10/h4-7H,3,8H2,1-2H3. The van der Waals surface area contributed by atoms with Crippen molar-refractivity contribution in [1.29, 1.82) is 0 Å². The third kappa shape index (κ3) is 3.05. The number of thioether (sulfide) groups is 1. The first-order valence-electron chi connectivity index (χ1n) is 5.59. The molecule has 0 atom stereocenters. The van der Waals surface area contributed by atoms with E-state index < -0.39 is 0 Å². The van der Waals surface area contributed by atoms with E-state index in [-0.39, 0.29) is 0 Å². The maximum absolute atomic E-state index is 5.69. The van der Waals surface area contributed by atoms with Crippen LogP contribution in [0.5, 0.6) is 5.75 Å². The van der Waals surface area contributed by atoms with Crippen LogP contribution in [0.4, 0.5) is 0 Å². The van der Waals surface area contributed by atoms with Crippen LogP contribution < -0.4 is 4.74 Å². The predicted molar refractivity (Wildman–Crippen MR) is 76.0 cm³/mol. The third-order valence-corrected chi connectivity index (χ3v) is 3.67. The highest BCUT2D eigenvalue weighted by Gasteiger charge is 2.10. The highest BCUT2D eigenvalue weighted by Crippen LogP contribution is 2.18. The number of benzene rings is 1. The van der Waals surface area contributed by atoms with Crippen LogP contribution >= 0.6 is 27.7 Å². The molecule has 6 heteroatoms. The number of hydrogen-bond donors (Lipinski definition) is 0. The van der Waals surface area contributed by atoms with E-state index in [2.05, 4.69) is 37.6 Å². The summed E-state index contributed by atoms with van der Waals surface area (Å²) in [5, 5.41) is 9.19. The van der Waals surface area contributed by atoms with Crippen molar-refractivity contribution < 1.29 is 4.74 Å². The summed E-state index contributed by atoms with van der Waals surface area (Å²) in [4.78, 5) is 0. The van der Waals surface area contributed by atoms with Crippen LogP contribution in [0.15, 0.2) is 33.9 Å². The van der Waals surface area contributed by atoms with Gasteiger partial charge in [-0.25, -0.2) is 0 Å². The molecule has 0 amide bonds. The van der Waals surface area contributed by atoms with Crippen molar-refractivity contribution >= 4 is 27.7 Å². The molecule has 2 aromatic rings. The second-order valence-electron chi connectivity index (χ2n) is 3.59. The van der Waals surface area contributed by atoms with Gasteiger partial charge in [-0.15, -0.1) is 10.2 Å². The van der Waals surface area contributed by atoms with Crippen LogP contribution in [0.2, 0.25) is 0 Å². The van der Waals surface area contributed by atoms with E-state index in [1.54, 1.807) is 11.8 Å². The van der Waals surface area contributed by atoms with Crippen molar-refractivity contribution in [3.8, 4) is 5.75 Å². The van der Waals surface area contributed by atoms with Crippen molar-refractivity contribution in [3.05, 3.63) is 34.6 Å². The van der Waals surface area contributed by atoms with E-state index in [4.69, 9.17) is 4.74 Å². The van der Waals surface area contributed by atoms with Crippen LogP contribution in [0.1, 0.15) is 12.7 Å². The van der Waals surface area contributed by atoms with Gasteiger partial charge in [-0.2, -0.15) is 0 Å². The summed E-state index contributed by atoms with van der Waals surface area (Å²) in [5.41, 5.74) is 0. The Morgan fingerprint density at radius 2 is 2.00 bits per heavy atom. The van der Waals surface area contributed by atoms with Crippen LogP contribution in [0.25, 0.3) is 0 Å². The average molecular weight is 328 g/mol. The molecule has 0 aliphatic rings. The Bertz CT molecular complexity index is 513. The van der Waals surface area contributed by atoms with Gasteiger partial charge in [0.1, 0.15) is 12.4 Å². The summed E-state index contributed by atoms with van der Waals surface area (Å²) in [6.45, 7) is 3.36. The van der Waals surface area contributed by atoms with E-state index in [1.807, 2.05) is 30.5 Å². The first-order valence-corrected chi connectivity index (χ1v) is 7.60. The summed E-state index contributed by atoms with van der Waals surface area (Å²) >= 11 is 4.98. The maximum atomic E-state index is 5.69. The van der Waals surface area contributed by atoms with Crippen LogP contribution in [0.3, 0.4) is 0 Å². The third-order valence-electron chi connectivity index (χ3n) is 2.47. The molecule has 0 unspecified atom stereocenters. The van der Waals surface area contributed by atoms with Crippen molar-refractivity contribution in [2.45, 2.75) is 25.2 Å². The molecule has 0 aliphatic carbocycles. The van der Waals surface area contributed by atoms with Gasteiger partial charge >= 0.3 is 0 Å². The molecule has 1 aromatic heterocycles. The molecule has 4 nitrogen and oxygen atoms in total. The first kappa shape index (κ1) is 13.4. The van der Waals surface area contributed by atoms with E-state index in [0.717, 1.165) is 27.7 Å². The zero-order chi connectivity index (χ0) is 13.0. The van der Waals surface area contributed by atoms with Crippen molar-refractivity contribution in [1.82, 2.24) is 14.8 Å². The van der Waals surface area contributed by atoms with Gasteiger partial charge in [-0.05, 0) is 37.4 Å². The minimum absolute atomic E-state index is 0.434. The predicted octanol–water partition coefficient (Wildman–Crippen LogP) is 3.36. The summed E-state index contributed by atoms with van der Waals surface area (Å²) in [6.07, 6.45) is 2.00. The maximum Gasteiger partial charge on any atom is 0.191 e. The van der Waals surface area contributed by atoms with Gasteiger partial charge in [-0.1, -0.05) is 27.7 Å². The Morgan fingerprint density at radius 3 is 2.61 bits per heavy atom. The molecule has 1 aromatic carbocycles. The van der Waals surface area contributed by atoms with E-state index >= 15 is 0 Å². The molecule has 0 aliphatic heterocycles. The summed E-state index contributed by atoms with van der Waals surface area (Å²) in [7, 11) is 0. The Hall–Kier alpha value is -1.01. The Labute approximate surface area is 119 Å². The molecule has 0 saturated carbocycles. The largest absolute Gasteiger partial charge is 0.486 e. The van der Waals surface area contributed by atoms with E-state index in [0.29, 0.717) is 6.61 Å². The number of nitrogens with zero attached hydrogens (tertiary/aromatic N) is 3. The fraction of sp³-hybridized carbons (Fsp3) is 0.333. The zero-order valence-electron chi connectivity index (χ0n) is 10.3. The smallest absolute Gasteiger partial charge is 0.191 e. The van der Waals surface area contributed by atoms with Crippen LogP contribution in [0, 0.1) is 0 Å². The Kier molecular flexibility index (Phi) is 4.66. The molecular formula is C12H14BrN3OS. The topological polar surface area (TPSA) is 39.9 Å². The first-order chi connectivity index (χ1) is 8.74. The highest BCUT2D eigenvalue weighted by molar-refractivity contribution is 9.10. The van der Waals surface area contributed by atoms with Gasteiger partial charge in [0.25, 0.3) is 0 Å². The number of ether oxygens (including phenoxy) is 1. The monoisotopic (exact) mass is 327 g/mol. The molecular weight excluding hydrogens is 314 g/mol. The molecule has 0 saturated heterocycles. The van der Waals surface area contributed by atoms with Crippen LogP contribution in [-0.2, 0) is 13.2 Å². The van der Waals surface area contributed by atoms with Gasteiger partial charge in [0, 0.05) is 11.0 Å². The number of rotatable bonds is 5. The summed E-state index contributed by atoms with van der Waals surface area (Å²) in [6, 6.07) is 7.75. The lowest BCUT2D eigenvalue weighted by atomic mass is 10.3. The number of halogens is 1.